The Bertz CT molecular complexity index is 658. The molecular weight excluding hydrogens is 338 g/mol. The molecule has 0 fully saturated rings. The molecule has 1 unspecified atom stereocenters. The second-order valence-corrected chi connectivity index (χ2v) is 6.29. The molecule has 0 aliphatic carbocycles. The molecule has 1 amide bonds. The van der Waals surface area contributed by atoms with Crippen molar-refractivity contribution in [2.75, 3.05) is 19.8 Å². The lowest BCUT2D eigenvalue weighted by Gasteiger charge is -2.18. The number of carbonyl (C=O) groups is 1. The van der Waals surface area contributed by atoms with Gasteiger partial charge in [0.25, 0.3) is 5.91 Å². The lowest BCUT2D eigenvalue weighted by atomic mass is 10.1. The Morgan fingerprint density at radius 1 is 1.08 bits per heavy atom. The minimum Gasteiger partial charge on any atom is -0.490 e. The monoisotopic (exact) mass is 363 g/mol. The second-order valence-electron chi connectivity index (χ2n) is 5.31. The van der Waals surface area contributed by atoms with Crippen LogP contribution in [-0.2, 0) is 0 Å². The van der Waals surface area contributed by atoms with Gasteiger partial charge in [-0.15, -0.1) is 11.3 Å². The van der Waals surface area contributed by atoms with Crippen LogP contribution in [0.3, 0.4) is 0 Å². The topological polar surface area (TPSA) is 56.8 Å². The number of rotatable bonds is 9. The average molecular weight is 363 g/mol. The molecule has 0 bridgehead atoms. The van der Waals surface area contributed by atoms with Crippen LogP contribution in [0.2, 0.25) is 0 Å². The first kappa shape index (κ1) is 19.1. The summed E-state index contributed by atoms with van der Waals surface area (Å²) in [5.74, 6) is 1.40. The second kappa shape index (κ2) is 9.32. The SMILES string of the molecule is CCOc1cc(C(=O)NC(C)c2cccs2)cc(OCC)c1OCC. The number of amides is 1. The Morgan fingerprint density at radius 2 is 1.68 bits per heavy atom. The van der Waals surface area contributed by atoms with E-state index in [4.69, 9.17) is 14.2 Å². The minimum absolute atomic E-state index is 0.0647. The van der Waals surface area contributed by atoms with E-state index in [1.165, 1.54) is 0 Å². The lowest BCUT2D eigenvalue weighted by Crippen LogP contribution is -2.26. The predicted octanol–water partition coefficient (Wildman–Crippen LogP) is 4.44. The van der Waals surface area contributed by atoms with E-state index in [1.807, 2.05) is 45.2 Å². The zero-order chi connectivity index (χ0) is 18.2. The van der Waals surface area contributed by atoms with Crippen molar-refractivity contribution in [1.82, 2.24) is 5.32 Å². The molecule has 2 rings (SSSR count). The quantitative estimate of drug-likeness (QED) is 0.716. The summed E-state index contributed by atoms with van der Waals surface area (Å²) in [5.41, 5.74) is 0.485. The number of hydrogen-bond donors (Lipinski definition) is 1. The summed E-state index contributed by atoms with van der Waals surface area (Å²) >= 11 is 1.62. The van der Waals surface area contributed by atoms with E-state index in [1.54, 1.807) is 23.5 Å². The van der Waals surface area contributed by atoms with Crippen molar-refractivity contribution < 1.29 is 19.0 Å². The first-order valence-electron chi connectivity index (χ1n) is 8.51. The minimum atomic E-state index is -0.175. The summed E-state index contributed by atoms with van der Waals surface area (Å²) in [6.45, 7) is 9.08. The Kier molecular flexibility index (Phi) is 7.13. The van der Waals surface area contributed by atoms with Gasteiger partial charge in [0.05, 0.1) is 25.9 Å². The first-order valence-corrected chi connectivity index (χ1v) is 9.39. The predicted molar refractivity (Wildman–Crippen MR) is 100 cm³/mol. The summed E-state index contributed by atoms with van der Waals surface area (Å²) in [6, 6.07) is 7.32. The van der Waals surface area contributed by atoms with Crippen molar-refractivity contribution in [1.29, 1.82) is 0 Å². The maximum Gasteiger partial charge on any atom is 0.252 e. The molecule has 0 saturated carbocycles. The summed E-state index contributed by atoms with van der Waals surface area (Å²) in [4.78, 5) is 13.8. The standard InChI is InChI=1S/C19H25NO4S/c1-5-22-15-11-14(12-16(23-6-2)18(15)24-7-3)19(21)20-13(4)17-9-8-10-25-17/h8-13H,5-7H2,1-4H3,(H,20,21). The number of nitrogens with one attached hydrogen (secondary N) is 1. The van der Waals surface area contributed by atoms with Crippen molar-refractivity contribution in [3.8, 4) is 17.2 Å². The number of thiophene rings is 1. The van der Waals surface area contributed by atoms with Crippen LogP contribution in [0, 0.1) is 0 Å². The van der Waals surface area contributed by atoms with Crippen LogP contribution in [0.4, 0.5) is 0 Å². The molecule has 0 aliphatic rings. The van der Waals surface area contributed by atoms with Crippen molar-refractivity contribution in [2.24, 2.45) is 0 Å². The number of ether oxygens (including phenoxy) is 3. The molecule has 1 N–H and O–H groups in total. The van der Waals surface area contributed by atoms with Gasteiger partial charge in [0.15, 0.2) is 11.5 Å². The van der Waals surface area contributed by atoms with Crippen molar-refractivity contribution >= 4 is 17.2 Å². The molecule has 1 aromatic heterocycles. The van der Waals surface area contributed by atoms with E-state index in [-0.39, 0.29) is 11.9 Å². The van der Waals surface area contributed by atoms with Gasteiger partial charge in [0, 0.05) is 10.4 Å². The zero-order valence-corrected chi connectivity index (χ0v) is 15.9. The highest BCUT2D eigenvalue weighted by Crippen LogP contribution is 2.39. The summed E-state index contributed by atoms with van der Waals surface area (Å²) in [5, 5.41) is 5.00. The highest BCUT2D eigenvalue weighted by Gasteiger charge is 2.19. The van der Waals surface area contributed by atoms with Crippen LogP contribution in [0.25, 0.3) is 0 Å². The van der Waals surface area contributed by atoms with Gasteiger partial charge in [-0.25, -0.2) is 0 Å². The third-order valence-electron chi connectivity index (χ3n) is 3.49. The molecule has 1 aromatic carbocycles. The van der Waals surface area contributed by atoms with Crippen LogP contribution in [-0.4, -0.2) is 25.7 Å². The molecule has 0 spiro atoms. The van der Waals surface area contributed by atoms with Gasteiger partial charge in [-0.3, -0.25) is 4.79 Å². The molecule has 0 radical (unpaired) electrons. The van der Waals surface area contributed by atoms with Crippen molar-refractivity contribution in [3.05, 3.63) is 40.1 Å². The van der Waals surface area contributed by atoms with Crippen molar-refractivity contribution in [3.63, 3.8) is 0 Å². The maximum atomic E-state index is 12.7. The van der Waals surface area contributed by atoms with Crippen LogP contribution < -0.4 is 19.5 Å². The van der Waals surface area contributed by atoms with Crippen molar-refractivity contribution in [2.45, 2.75) is 33.7 Å². The summed E-state index contributed by atoms with van der Waals surface area (Å²) in [6.07, 6.45) is 0. The number of carbonyl (C=O) groups excluding carboxylic acids is 1. The fraction of sp³-hybridized carbons (Fsp3) is 0.421. The van der Waals surface area contributed by atoms with Gasteiger partial charge in [0.1, 0.15) is 0 Å². The Balaban J connectivity index is 2.30. The molecule has 136 valence electrons. The van der Waals surface area contributed by atoms with Gasteiger partial charge >= 0.3 is 0 Å². The lowest BCUT2D eigenvalue weighted by molar-refractivity contribution is 0.0939. The van der Waals surface area contributed by atoms with E-state index in [2.05, 4.69) is 5.32 Å². The van der Waals surface area contributed by atoms with E-state index < -0.39 is 0 Å². The molecule has 0 saturated heterocycles. The average Bonchev–Trinajstić information content (AvgIpc) is 3.12. The summed E-state index contributed by atoms with van der Waals surface area (Å²) in [7, 11) is 0. The first-order chi connectivity index (χ1) is 12.1. The Labute approximate surface area is 152 Å². The van der Waals surface area contributed by atoms with Gasteiger partial charge < -0.3 is 19.5 Å². The van der Waals surface area contributed by atoms with Crippen LogP contribution in [0.1, 0.15) is 49.0 Å². The van der Waals surface area contributed by atoms with Crippen LogP contribution >= 0.6 is 11.3 Å². The van der Waals surface area contributed by atoms with Gasteiger partial charge in [0.2, 0.25) is 5.75 Å². The highest BCUT2D eigenvalue weighted by atomic mass is 32.1. The van der Waals surface area contributed by atoms with E-state index in [0.717, 1.165) is 4.88 Å². The smallest absolute Gasteiger partial charge is 0.252 e. The molecule has 6 heteroatoms. The molecule has 5 nitrogen and oxygen atoms in total. The number of benzene rings is 1. The fourth-order valence-electron chi connectivity index (χ4n) is 2.41. The molecule has 0 aliphatic heterocycles. The molecule has 2 aromatic rings. The highest BCUT2D eigenvalue weighted by molar-refractivity contribution is 7.10. The van der Waals surface area contributed by atoms with Gasteiger partial charge in [-0.1, -0.05) is 6.07 Å². The third kappa shape index (κ3) is 4.89. The van der Waals surface area contributed by atoms with E-state index >= 15 is 0 Å². The maximum absolute atomic E-state index is 12.7. The molecular formula is C19H25NO4S. The number of hydrogen-bond acceptors (Lipinski definition) is 5. The normalized spacial score (nSPS) is 11.7. The van der Waals surface area contributed by atoms with E-state index in [9.17, 15) is 4.79 Å². The third-order valence-corrected chi connectivity index (χ3v) is 4.54. The molecule has 1 atom stereocenters. The summed E-state index contributed by atoms with van der Waals surface area (Å²) < 4.78 is 17.0. The van der Waals surface area contributed by atoms with E-state index in [0.29, 0.717) is 42.6 Å². The van der Waals surface area contributed by atoms with Gasteiger partial charge in [-0.05, 0) is 51.3 Å². The molecule has 1 heterocycles. The van der Waals surface area contributed by atoms with Gasteiger partial charge in [-0.2, -0.15) is 0 Å². The van der Waals surface area contributed by atoms with Crippen LogP contribution in [0.15, 0.2) is 29.6 Å². The fourth-order valence-corrected chi connectivity index (χ4v) is 3.14. The molecule has 25 heavy (non-hydrogen) atoms. The Morgan fingerprint density at radius 3 is 2.16 bits per heavy atom. The van der Waals surface area contributed by atoms with Crippen LogP contribution in [0.5, 0.6) is 17.2 Å². The largest absolute Gasteiger partial charge is 0.490 e. The Hall–Kier alpha value is -2.21. The zero-order valence-electron chi connectivity index (χ0n) is 15.1.